The van der Waals surface area contributed by atoms with Gasteiger partial charge in [0.25, 0.3) is 0 Å². The van der Waals surface area contributed by atoms with Crippen LogP contribution in [0.5, 0.6) is 0 Å². The fraction of sp³-hybridized carbons (Fsp3) is 0. The molecule has 6 heteroatoms. The molecule has 0 amide bonds. The summed E-state index contributed by atoms with van der Waals surface area (Å²) in [6.45, 7) is 0. The van der Waals surface area contributed by atoms with Crippen LogP contribution < -0.4 is 0 Å². The molecule has 0 fully saturated rings. The van der Waals surface area contributed by atoms with Crippen LogP contribution in [0.1, 0.15) is 0 Å². The Bertz CT molecular complexity index is 2790. The first kappa shape index (κ1) is 25.3. The number of benzene rings is 4. The first-order chi connectivity index (χ1) is 22.2. The Morgan fingerprint density at radius 3 is 1.33 bits per heavy atom. The maximum atomic E-state index is 5.15. The lowest BCUT2D eigenvalue weighted by Gasteiger charge is -2.07. The van der Waals surface area contributed by atoms with E-state index in [0.717, 1.165) is 33.5 Å². The molecule has 0 radical (unpaired) electrons. The van der Waals surface area contributed by atoms with Crippen LogP contribution in [-0.2, 0) is 0 Å². The zero-order valence-corrected chi connectivity index (χ0v) is 26.1. The number of nitrogens with zero attached hydrogens (tertiary/aromatic N) is 3. The largest absolute Gasteiger partial charge is 0.255 e. The molecular weight excluding hydrogens is 607 g/mol. The van der Waals surface area contributed by atoms with E-state index in [9.17, 15) is 0 Å². The van der Waals surface area contributed by atoms with Crippen LogP contribution in [0.3, 0.4) is 0 Å². The van der Waals surface area contributed by atoms with Gasteiger partial charge < -0.3 is 0 Å². The molecule has 0 spiro atoms. The van der Waals surface area contributed by atoms with Crippen LogP contribution in [0.25, 0.3) is 94.4 Å². The van der Waals surface area contributed by atoms with E-state index in [1.165, 1.54) is 60.9 Å². The molecule has 0 unspecified atom stereocenters. The lowest BCUT2D eigenvalue weighted by atomic mass is 10.0. The van der Waals surface area contributed by atoms with E-state index >= 15 is 0 Å². The highest BCUT2D eigenvalue weighted by molar-refractivity contribution is 7.26. The Morgan fingerprint density at radius 1 is 0.356 bits per heavy atom. The molecule has 0 aliphatic heterocycles. The molecule has 0 bridgehead atoms. The summed E-state index contributed by atoms with van der Waals surface area (Å²) in [5, 5.41) is 4.95. The first-order valence-corrected chi connectivity index (χ1v) is 17.2. The maximum absolute atomic E-state index is 5.15. The highest BCUT2D eigenvalue weighted by Crippen LogP contribution is 2.41. The molecule has 45 heavy (non-hydrogen) atoms. The number of rotatable bonds is 3. The molecule has 210 valence electrons. The summed E-state index contributed by atoms with van der Waals surface area (Å²) < 4.78 is 7.54. The third kappa shape index (κ3) is 4.03. The summed E-state index contributed by atoms with van der Waals surface area (Å²) in [7, 11) is 0. The van der Waals surface area contributed by atoms with Gasteiger partial charge >= 0.3 is 0 Å². The van der Waals surface area contributed by atoms with Crippen molar-refractivity contribution in [3.05, 3.63) is 128 Å². The maximum Gasteiger partial charge on any atom is 0.0888 e. The molecule has 0 N–H and O–H groups in total. The molecule has 10 rings (SSSR count). The van der Waals surface area contributed by atoms with Gasteiger partial charge in [0.05, 0.1) is 31.8 Å². The topological polar surface area (TPSA) is 38.7 Å². The standard InChI is InChI=1S/C39H21N3S3/c1-4-30(42-31(5-1)25-11-15-35-29(21-25)39-37(45-35)7-3-17-41-39)24-10-14-33-27(20-24)26-18-22(8-12-32(26)43-33)23-9-13-34-28(19-23)38-36(44-34)6-2-16-40-38/h1-21H. The molecule has 0 saturated carbocycles. The van der Waals surface area contributed by atoms with Gasteiger partial charge in [-0.1, -0.05) is 30.3 Å². The van der Waals surface area contributed by atoms with Crippen LogP contribution in [0.15, 0.2) is 128 Å². The summed E-state index contributed by atoms with van der Waals surface area (Å²) in [5.41, 5.74) is 8.74. The fourth-order valence-electron chi connectivity index (χ4n) is 6.41. The first-order valence-electron chi connectivity index (χ1n) is 14.7. The molecule has 6 heterocycles. The van der Waals surface area contributed by atoms with E-state index in [0.29, 0.717) is 0 Å². The minimum absolute atomic E-state index is 0.966. The van der Waals surface area contributed by atoms with E-state index < -0.39 is 0 Å². The van der Waals surface area contributed by atoms with Crippen molar-refractivity contribution in [3.63, 3.8) is 0 Å². The van der Waals surface area contributed by atoms with Crippen LogP contribution in [0.2, 0.25) is 0 Å². The molecule has 0 aliphatic carbocycles. The van der Waals surface area contributed by atoms with Gasteiger partial charge in [-0.25, -0.2) is 4.98 Å². The smallest absolute Gasteiger partial charge is 0.0888 e. The predicted octanol–water partition coefficient (Wildman–Crippen LogP) is 12.0. The molecule has 0 atom stereocenters. The van der Waals surface area contributed by atoms with Gasteiger partial charge in [0.2, 0.25) is 0 Å². The van der Waals surface area contributed by atoms with Crippen molar-refractivity contribution in [2.45, 2.75) is 0 Å². The van der Waals surface area contributed by atoms with Crippen LogP contribution in [0, 0.1) is 0 Å². The lowest BCUT2D eigenvalue weighted by Crippen LogP contribution is -1.88. The van der Waals surface area contributed by atoms with Crippen molar-refractivity contribution >= 4 is 94.8 Å². The second-order valence-electron chi connectivity index (χ2n) is 11.3. The summed E-state index contributed by atoms with van der Waals surface area (Å²) in [5.74, 6) is 0. The normalized spacial score (nSPS) is 12.0. The Kier molecular flexibility index (Phi) is 5.49. The molecule has 6 aromatic heterocycles. The summed E-state index contributed by atoms with van der Waals surface area (Å²) in [6, 6.07) is 41.6. The van der Waals surface area contributed by atoms with Crippen molar-refractivity contribution in [1.82, 2.24) is 15.0 Å². The van der Waals surface area contributed by atoms with Gasteiger partial charge in [-0.15, -0.1) is 34.0 Å². The SMILES string of the molecule is c1cc(-c2ccc3sc4ccc(-c5ccc6sc7cccnc7c6c5)cc4c3c2)nc(-c2ccc3sc4cccnc4c3c2)c1. The second-order valence-corrected chi connectivity index (χ2v) is 14.5. The summed E-state index contributed by atoms with van der Waals surface area (Å²) in [6.07, 6.45) is 3.75. The van der Waals surface area contributed by atoms with E-state index in [1.807, 2.05) is 35.9 Å². The van der Waals surface area contributed by atoms with Crippen molar-refractivity contribution in [3.8, 4) is 33.6 Å². The average Bonchev–Trinajstić information content (AvgIpc) is 3.78. The zero-order valence-electron chi connectivity index (χ0n) is 23.7. The van der Waals surface area contributed by atoms with E-state index in [4.69, 9.17) is 4.98 Å². The average molecular weight is 628 g/mol. The monoisotopic (exact) mass is 627 g/mol. The summed E-state index contributed by atoms with van der Waals surface area (Å²) in [4.78, 5) is 14.5. The third-order valence-electron chi connectivity index (χ3n) is 8.59. The zero-order chi connectivity index (χ0) is 29.5. The molecule has 0 saturated heterocycles. The Labute approximate surface area is 269 Å². The van der Waals surface area contributed by atoms with Gasteiger partial charge in [0.1, 0.15) is 0 Å². The highest BCUT2D eigenvalue weighted by Gasteiger charge is 2.13. The van der Waals surface area contributed by atoms with Gasteiger partial charge in [0, 0.05) is 63.9 Å². The summed E-state index contributed by atoms with van der Waals surface area (Å²) >= 11 is 5.43. The number of hydrogen-bond donors (Lipinski definition) is 0. The van der Waals surface area contributed by atoms with E-state index in [1.54, 1.807) is 22.7 Å². The van der Waals surface area contributed by atoms with E-state index in [2.05, 4.69) is 113 Å². The predicted molar refractivity (Wildman–Crippen MR) is 195 cm³/mol. The third-order valence-corrected chi connectivity index (χ3v) is 12.0. The van der Waals surface area contributed by atoms with Crippen molar-refractivity contribution in [1.29, 1.82) is 0 Å². The van der Waals surface area contributed by atoms with Gasteiger partial charge in [-0.3, -0.25) is 9.97 Å². The second kappa shape index (κ2) is 9.74. The van der Waals surface area contributed by atoms with Crippen LogP contribution >= 0.6 is 34.0 Å². The molecule has 10 aromatic rings. The number of pyridine rings is 3. The molecule has 0 aliphatic rings. The quantitative estimate of drug-likeness (QED) is 0.196. The minimum atomic E-state index is 0.966. The van der Waals surface area contributed by atoms with Crippen molar-refractivity contribution < 1.29 is 0 Å². The number of thiophene rings is 3. The number of aromatic nitrogens is 3. The van der Waals surface area contributed by atoms with Gasteiger partial charge in [-0.05, 0) is 96.1 Å². The Morgan fingerprint density at radius 2 is 0.778 bits per heavy atom. The van der Waals surface area contributed by atoms with Gasteiger partial charge in [0.15, 0.2) is 0 Å². The minimum Gasteiger partial charge on any atom is -0.255 e. The highest BCUT2D eigenvalue weighted by atomic mass is 32.1. The molecule has 4 aromatic carbocycles. The van der Waals surface area contributed by atoms with Crippen LogP contribution in [-0.4, -0.2) is 15.0 Å². The molecule has 3 nitrogen and oxygen atoms in total. The van der Waals surface area contributed by atoms with Crippen LogP contribution in [0.4, 0.5) is 0 Å². The van der Waals surface area contributed by atoms with Crippen molar-refractivity contribution in [2.24, 2.45) is 0 Å². The number of hydrogen-bond acceptors (Lipinski definition) is 6. The number of fused-ring (bicyclic) bond motifs is 9. The molecular formula is C39H21N3S3. The van der Waals surface area contributed by atoms with E-state index in [-0.39, 0.29) is 0 Å². The lowest BCUT2D eigenvalue weighted by molar-refractivity contribution is 1.33. The Hall–Kier alpha value is -5.01. The van der Waals surface area contributed by atoms with Crippen molar-refractivity contribution in [2.75, 3.05) is 0 Å². The van der Waals surface area contributed by atoms with Gasteiger partial charge in [-0.2, -0.15) is 0 Å². The fourth-order valence-corrected chi connectivity index (χ4v) is 9.56. The Balaban J connectivity index is 1.07.